The van der Waals surface area contributed by atoms with Crippen molar-refractivity contribution in [2.24, 2.45) is 0 Å². The van der Waals surface area contributed by atoms with Crippen LogP contribution < -0.4 is 14.2 Å². The van der Waals surface area contributed by atoms with Gasteiger partial charge in [-0.2, -0.15) is 0 Å². The summed E-state index contributed by atoms with van der Waals surface area (Å²) in [4.78, 5) is 4.89. The molecular formula is C23H29ClN2O4. The van der Waals surface area contributed by atoms with Crippen LogP contribution in [0.15, 0.2) is 42.5 Å². The second-order valence-corrected chi connectivity index (χ2v) is 7.51. The van der Waals surface area contributed by atoms with Crippen molar-refractivity contribution in [1.82, 2.24) is 9.55 Å². The van der Waals surface area contributed by atoms with Gasteiger partial charge in [-0.15, -0.1) is 12.4 Å². The molecule has 2 aromatic carbocycles. The van der Waals surface area contributed by atoms with E-state index >= 15 is 0 Å². The van der Waals surface area contributed by atoms with Crippen LogP contribution in [0.5, 0.6) is 17.2 Å². The van der Waals surface area contributed by atoms with E-state index in [-0.39, 0.29) is 19.0 Å². The zero-order valence-corrected chi connectivity index (χ0v) is 18.2. The summed E-state index contributed by atoms with van der Waals surface area (Å²) in [6.07, 6.45) is 4.12. The number of rotatable bonds is 8. The number of hydrogen-bond acceptors (Lipinski definition) is 5. The van der Waals surface area contributed by atoms with E-state index in [1.165, 1.54) is 12.8 Å². The highest BCUT2D eigenvalue weighted by molar-refractivity contribution is 5.85. The average molecular weight is 433 g/mol. The van der Waals surface area contributed by atoms with Gasteiger partial charge in [-0.1, -0.05) is 31.0 Å². The van der Waals surface area contributed by atoms with Crippen molar-refractivity contribution in [3.63, 3.8) is 0 Å². The molecule has 1 N–H and O–H groups in total. The number of imidazole rings is 1. The maximum absolute atomic E-state index is 10.8. The van der Waals surface area contributed by atoms with Crippen LogP contribution in [0, 0.1) is 0 Å². The van der Waals surface area contributed by atoms with Gasteiger partial charge in [-0.05, 0) is 37.1 Å². The van der Waals surface area contributed by atoms with Gasteiger partial charge in [0.05, 0.1) is 31.8 Å². The topological polar surface area (TPSA) is 65.7 Å². The summed E-state index contributed by atoms with van der Waals surface area (Å²) in [6.45, 7) is 0.567. The quantitative estimate of drug-likeness (QED) is 0.564. The highest BCUT2D eigenvalue weighted by Crippen LogP contribution is 2.37. The average Bonchev–Trinajstić information content (AvgIpc) is 3.40. The van der Waals surface area contributed by atoms with Gasteiger partial charge in [0.2, 0.25) is 5.75 Å². The number of nitrogens with zero attached hydrogens (tertiary/aromatic N) is 2. The fraction of sp³-hybridized carbons (Fsp3) is 0.435. The molecule has 0 aliphatic heterocycles. The minimum absolute atomic E-state index is 0. The van der Waals surface area contributed by atoms with Crippen LogP contribution in [0.3, 0.4) is 0 Å². The van der Waals surface area contributed by atoms with Crippen molar-refractivity contribution < 1.29 is 19.3 Å². The highest BCUT2D eigenvalue weighted by atomic mass is 35.5. The lowest BCUT2D eigenvalue weighted by Gasteiger charge is -2.19. The van der Waals surface area contributed by atoms with E-state index in [0.717, 1.165) is 29.7 Å². The summed E-state index contributed by atoms with van der Waals surface area (Å²) >= 11 is 0. The Morgan fingerprint density at radius 1 is 1.03 bits per heavy atom. The first kappa shape index (κ1) is 22.2. The van der Waals surface area contributed by atoms with E-state index in [4.69, 9.17) is 19.2 Å². The molecular weight excluding hydrogens is 404 g/mol. The van der Waals surface area contributed by atoms with E-state index in [9.17, 15) is 5.11 Å². The predicted molar refractivity (Wildman–Crippen MR) is 119 cm³/mol. The molecule has 0 saturated heterocycles. The Bertz CT molecular complexity index is 947. The summed E-state index contributed by atoms with van der Waals surface area (Å²) in [6, 6.07) is 13.6. The Balaban J connectivity index is 0.00000256. The molecule has 30 heavy (non-hydrogen) atoms. The number of aliphatic hydroxyl groups is 1. The Labute approximate surface area is 183 Å². The normalized spacial score (nSPS) is 15.0. The second kappa shape index (κ2) is 10.0. The monoisotopic (exact) mass is 432 g/mol. The number of para-hydroxylation sites is 3. The molecule has 1 aliphatic carbocycles. The van der Waals surface area contributed by atoms with E-state index in [0.29, 0.717) is 29.7 Å². The summed E-state index contributed by atoms with van der Waals surface area (Å²) in [5.74, 6) is 3.21. The molecule has 162 valence electrons. The van der Waals surface area contributed by atoms with Gasteiger partial charge in [0.15, 0.2) is 11.5 Å². The summed E-state index contributed by atoms with van der Waals surface area (Å²) in [5.41, 5.74) is 2.04. The molecule has 1 fully saturated rings. The van der Waals surface area contributed by atoms with Crippen molar-refractivity contribution in [2.75, 3.05) is 20.8 Å². The number of benzene rings is 2. The van der Waals surface area contributed by atoms with Gasteiger partial charge in [0.1, 0.15) is 18.5 Å². The van der Waals surface area contributed by atoms with Crippen LogP contribution in [0.4, 0.5) is 0 Å². The summed E-state index contributed by atoms with van der Waals surface area (Å²) in [7, 11) is 3.17. The Kier molecular flexibility index (Phi) is 7.45. The molecule has 7 heteroatoms. The molecule has 1 saturated carbocycles. The number of halogens is 1. The fourth-order valence-corrected chi connectivity index (χ4v) is 4.18. The van der Waals surface area contributed by atoms with Gasteiger partial charge in [-0.25, -0.2) is 4.98 Å². The van der Waals surface area contributed by atoms with Crippen molar-refractivity contribution in [3.8, 4) is 17.2 Å². The Morgan fingerprint density at radius 2 is 1.70 bits per heavy atom. The molecule has 0 spiro atoms. The first-order valence-electron chi connectivity index (χ1n) is 10.2. The number of ether oxygens (including phenoxy) is 3. The van der Waals surface area contributed by atoms with Crippen LogP contribution in [0.2, 0.25) is 0 Å². The third kappa shape index (κ3) is 4.50. The molecule has 1 aromatic heterocycles. The maximum Gasteiger partial charge on any atom is 0.203 e. The Hall–Kier alpha value is -2.44. The van der Waals surface area contributed by atoms with E-state index in [1.807, 2.05) is 36.4 Å². The lowest BCUT2D eigenvalue weighted by atomic mass is 10.1. The summed E-state index contributed by atoms with van der Waals surface area (Å²) in [5, 5.41) is 10.8. The molecule has 0 amide bonds. The lowest BCUT2D eigenvalue weighted by Crippen LogP contribution is -2.25. The zero-order valence-electron chi connectivity index (χ0n) is 17.4. The SMILES string of the molecule is COc1cccc(OC)c1OCC(O)Cn1c(C2CCCC2)nc2ccccc21.Cl. The zero-order chi connectivity index (χ0) is 20.2. The van der Waals surface area contributed by atoms with Crippen LogP contribution in [-0.2, 0) is 6.54 Å². The van der Waals surface area contributed by atoms with Gasteiger partial charge in [-0.3, -0.25) is 0 Å². The number of methoxy groups -OCH3 is 2. The van der Waals surface area contributed by atoms with Crippen LogP contribution in [0.25, 0.3) is 11.0 Å². The molecule has 6 nitrogen and oxygen atoms in total. The van der Waals surface area contributed by atoms with E-state index in [2.05, 4.69) is 10.6 Å². The number of aromatic nitrogens is 2. The van der Waals surface area contributed by atoms with Crippen LogP contribution in [-0.4, -0.2) is 41.6 Å². The van der Waals surface area contributed by atoms with Crippen molar-refractivity contribution in [1.29, 1.82) is 0 Å². The van der Waals surface area contributed by atoms with Gasteiger partial charge < -0.3 is 23.9 Å². The first-order chi connectivity index (χ1) is 14.2. The molecule has 1 unspecified atom stereocenters. The number of hydrogen-bond donors (Lipinski definition) is 1. The minimum Gasteiger partial charge on any atom is -0.493 e. The molecule has 1 atom stereocenters. The first-order valence-corrected chi connectivity index (χ1v) is 10.2. The third-order valence-corrected chi connectivity index (χ3v) is 5.60. The molecule has 1 aliphatic rings. The molecule has 4 rings (SSSR count). The molecule has 3 aromatic rings. The van der Waals surface area contributed by atoms with Gasteiger partial charge in [0, 0.05) is 5.92 Å². The van der Waals surface area contributed by atoms with Crippen LogP contribution in [0.1, 0.15) is 37.4 Å². The molecule has 1 heterocycles. The third-order valence-electron chi connectivity index (χ3n) is 5.60. The smallest absolute Gasteiger partial charge is 0.203 e. The van der Waals surface area contributed by atoms with E-state index in [1.54, 1.807) is 14.2 Å². The van der Waals surface area contributed by atoms with E-state index < -0.39 is 6.10 Å². The van der Waals surface area contributed by atoms with Crippen molar-refractivity contribution in [2.45, 2.75) is 44.2 Å². The summed E-state index contributed by atoms with van der Waals surface area (Å²) < 4.78 is 18.8. The fourth-order valence-electron chi connectivity index (χ4n) is 4.18. The maximum atomic E-state index is 10.8. The molecule has 0 bridgehead atoms. The van der Waals surface area contributed by atoms with Crippen molar-refractivity contribution in [3.05, 3.63) is 48.3 Å². The lowest BCUT2D eigenvalue weighted by molar-refractivity contribution is 0.0893. The number of aliphatic hydroxyl groups excluding tert-OH is 1. The minimum atomic E-state index is -0.692. The largest absolute Gasteiger partial charge is 0.493 e. The predicted octanol–water partition coefficient (Wildman–Crippen LogP) is 4.57. The Morgan fingerprint density at radius 3 is 2.37 bits per heavy atom. The standard InChI is InChI=1S/C23H28N2O4.ClH/c1-27-20-12-7-13-21(28-2)22(20)29-15-17(26)14-25-19-11-6-5-10-18(19)24-23(25)16-8-3-4-9-16;/h5-7,10-13,16-17,26H,3-4,8-9,14-15H2,1-2H3;1H. The number of fused-ring (bicyclic) bond motifs is 1. The van der Waals surface area contributed by atoms with Crippen molar-refractivity contribution >= 4 is 23.4 Å². The van der Waals surface area contributed by atoms with Gasteiger partial charge >= 0.3 is 0 Å². The highest BCUT2D eigenvalue weighted by Gasteiger charge is 2.25. The van der Waals surface area contributed by atoms with Crippen LogP contribution >= 0.6 is 12.4 Å². The second-order valence-electron chi connectivity index (χ2n) is 7.51. The van der Waals surface area contributed by atoms with Gasteiger partial charge in [0.25, 0.3) is 0 Å². The molecule has 0 radical (unpaired) electrons.